The number of fused-ring (bicyclic) bond motifs is 4. The summed E-state index contributed by atoms with van der Waals surface area (Å²) in [6.07, 6.45) is 1.82. The Hall–Kier alpha value is -2.24. The van der Waals surface area contributed by atoms with Gasteiger partial charge >= 0.3 is 0 Å². The van der Waals surface area contributed by atoms with E-state index in [1.807, 2.05) is 24.3 Å². The Morgan fingerprint density at radius 2 is 1.22 bits per heavy atom. The number of alkyl halides is 2. The van der Waals surface area contributed by atoms with Crippen molar-refractivity contribution >= 4 is 40.0 Å². The maximum Gasteiger partial charge on any atom is 0.218 e. The van der Waals surface area contributed by atoms with Crippen LogP contribution in [0.15, 0.2) is 84.9 Å². The molecular weight excluding hydrogens is 751 g/mol. The SMILES string of the molecule is CC(=O)Cl.COC(Cl)Cl.COc1ccc(COC2C(OCc3ccccc3)[C@@H](C)C3OC4(CC5CCC4(C)C5(C)C)O[C@H]3[C@H]2OCc2ccccc2)cc1. The molecule has 1 saturated heterocycles. The van der Waals surface area contributed by atoms with E-state index in [-0.39, 0.29) is 52.5 Å². The molecular formula is C43H55Cl3O8. The van der Waals surface area contributed by atoms with Gasteiger partial charge in [-0.05, 0) is 64.6 Å². The first-order chi connectivity index (χ1) is 25.7. The number of hydrogen-bond donors (Lipinski definition) is 0. The molecule has 0 amide bonds. The summed E-state index contributed by atoms with van der Waals surface area (Å²) in [7, 11) is 3.12. The molecule has 3 aromatic carbocycles. The predicted molar refractivity (Wildman–Crippen MR) is 212 cm³/mol. The van der Waals surface area contributed by atoms with Gasteiger partial charge in [-0.15, -0.1) is 0 Å². The van der Waals surface area contributed by atoms with Crippen molar-refractivity contribution in [2.24, 2.45) is 22.7 Å². The Bertz CT molecular complexity index is 1610. The summed E-state index contributed by atoms with van der Waals surface area (Å²) in [4.78, 5) is 9.21. The molecule has 8 nitrogen and oxygen atoms in total. The number of carbonyl (C=O) groups excluding carboxylic acids is 1. The molecule has 0 N–H and O–H groups in total. The number of benzene rings is 3. The van der Waals surface area contributed by atoms with E-state index in [1.54, 1.807) is 7.11 Å². The van der Waals surface area contributed by atoms with E-state index >= 15 is 0 Å². The van der Waals surface area contributed by atoms with Gasteiger partial charge in [0.2, 0.25) is 10.3 Å². The summed E-state index contributed by atoms with van der Waals surface area (Å²) in [6.45, 7) is 12.1. The first-order valence-electron chi connectivity index (χ1n) is 18.6. The first-order valence-corrected chi connectivity index (χ1v) is 19.9. The normalized spacial score (nSPS) is 31.6. The van der Waals surface area contributed by atoms with Crippen molar-refractivity contribution in [2.45, 2.75) is 115 Å². The van der Waals surface area contributed by atoms with Crippen molar-refractivity contribution in [3.63, 3.8) is 0 Å². The summed E-state index contributed by atoms with van der Waals surface area (Å²) in [6, 6.07) is 28.7. The molecule has 7 rings (SSSR count). The van der Waals surface area contributed by atoms with E-state index < -0.39 is 10.8 Å². The van der Waals surface area contributed by atoms with E-state index in [4.69, 9.17) is 51.6 Å². The second-order valence-electron chi connectivity index (χ2n) is 15.4. The summed E-state index contributed by atoms with van der Waals surface area (Å²) in [5.74, 6) is 0.798. The number of rotatable bonds is 11. The number of carbonyl (C=O) groups is 1. The maximum atomic E-state index is 9.21. The third kappa shape index (κ3) is 9.47. The van der Waals surface area contributed by atoms with Crippen LogP contribution in [0, 0.1) is 22.7 Å². The number of halogens is 3. The smallest absolute Gasteiger partial charge is 0.218 e. The van der Waals surface area contributed by atoms with Gasteiger partial charge in [0.15, 0.2) is 5.79 Å². The molecule has 1 spiro atoms. The fourth-order valence-corrected chi connectivity index (χ4v) is 8.74. The van der Waals surface area contributed by atoms with E-state index in [0.29, 0.717) is 25.7 Å². The molecule has 2 bridgehead atoms. The standard InChI is InChI=1S/C39H48O6.C2H4Cl2O.C2H3ClO/c1-26-32(41-23-27-12-8-6-9-13-27)34(42-25-29-16-18-31(40-5)19-17-29)35(43-24-28-14-10-7-11-15-28)36-33(26)44-39(45-36)22-30-20-21-38(39,4)37(30,2)3;1-5-2(3)4;1-2(3)4/h6-19,26,30,32-36H,20-25H2,1-5H3;2H,1H3;1H3/t26-,30?,32?,33?,34?,35+,36-,38?,39?;;/m1../s1. The predicted octanol–water partition coefficient (Wildman–Crippen LogP) is 9.89. The Kier molecular flexibility index (Phi) is 14.9. The molecule has 54 heavy (non-hydrogen) atoms. The minimum Gasteiger partial charge on any atom is -0.497 e. The van der Waals surface area contributed by atoms with Crippen LogP contribution in [0.2, 0.25) is 0 Å². The lowest BCUT2D eigenvalue weighted by atomic mass is 9.68. The topological polar surface area (TPSA) is 81.7 Å². The highest BCUT2D eigenvalue weighted by Gasteiger charge is 2.75. The lowest BCUT2D eigenvalue weighted by Crippen LogP contribution is -2.61. The van der Waals surface area contributed by atoms with Gasteiger partial charge in [-0.2, -0.15) is 0 Å². The molecule has 1 heterocycles. The molecule has 4 aliphatic rings. The fourth-order valence-electron chi connectivity index (χ4n) is 8.74. The average molecular weight is 806 g/mol. The van der Waals surface area contributed by atoms with Gasteiger partial charge < -0.3 is 33.2 Å². The summed E-state index contributed by atoms with van der Waals surface area (Å²) < 4.78 is 44.8. The van der Waals surface area contributed by atoms with Crippen LogP contribution >= 0.6 is 34.8 Å². The minimum atomic E-state index is -0.671. The van der Waals surface area contributed by atoms with Gasteiger partial charge in [0.25, 0.3) is 0 Å². The third-order valence-electron chi connectivity index (χ3n) is 12.1. The fraction of sp³-hybridized carbons (Fsp3) is 0.558. The monoisotopic (exact) mass is 804 g/mol. The lowest BCUT2D eigenvalue weighted by Gasteiger charge is -2.46. The second-order valence-corrected chi connectivity index (χ2v) is 16.9. The van der Waals surface area contributed by atoms with Crippen molar-refractivity contribution in [2.75, 3.05) is 14.2 Å². The van der Waals surface area contributed by atoms with Gasteiger partial charge in [-0.1, -0.05) is 124 Å². The Morgan fingerprint density at radius 1 is 0.759 bits per heavy atom. The quantitative estimate of drug-likeness (QED) is 0.140. The molecule has 1 aliphatic heterocycles. The van der Waals surface area contributed by atoms with Crippen LogP contribution in [0.25, 0.3) is 0 Å². The van der Waals surface area contributed by atoms with Crippen molar-refractivity contribution < 1.29 is 38.0 Å². The number of methoxy groups -OCH3 is 2. The van der Waals surface area contributed by atoms with Gasteiger partial charge in [0.05, 0.1) is 39.1 Å². The minimum absolute atomic E-state index is 0.0290. The highest BCUT2D eigenvalue weighted by molar-refractivity contribution is 6.62. The van der Waals surface area contributed by atoms with E-state index in [9.17, 15) is 4.79 Å². The molecule has 3 aromatic rings. The Morgan fingerprint density at radius 3 is 1.67 bits per heavy atom. The molecule has 3 aliphatic carbocycles. The van der Waals surface area contributed by atoms with Crippen LogP contribution in [0.1, 0.15) is 70.6 Å². The molecule has 4 fully saturated rings. The second kappa shape index (κ2) is 18.8. The van der Waals surface area contributed by atoms with Gasteiger partial charge in [0.1, 0.15) is 24.1 Å². The largest absolute Gasteiger partial charge is 0.497 e. The molecule has 0 radical (unpaired) electrons. The molecule has 9 atom stereocenters. The lowest BCUT2D eigenvalue weighted by molar-refractivity contribution is -0.258. The number of ether oxygens (including phenoxy) is 7. The Balaban J connectivity index is 0.000000561. The van der Waals surface area contributed by atoms with Gasteiger partial charge in [-0.3, -0.25) is 4.79 Å². The number of hydrogen-bond acceptors (Lipinski definition) is 8. The maximum absolute atomic E-state index is 9.21. The van der Waals surface area contributed by atoms with Crippen LogP contribution in [0.3, 0.4) is 0 Å². The van der Waals surface area contributed by atoms with Crippen LogP contribution < -0.4 is 4.74 Å². The Labute approximate surface area is 336 Å². The summed E-state index contributed by atoms with van der Waals surface area (Å²) >= 11 is 14.6. The zero-order valence-electron chi connectivity index (χ0n) is 32.3. The molecule has 11 heteroatoms. The highest BCUT2D eigenvalue weighted by Crippen LogP contribution is 2.73. The molecule has 296 valence electrons. The van der Waals surface area contributed by atoms with Crippen LogP contribution in [-0.2, 0) is 53.0 Å². The van der Waals surface area contributed by atoms with Crippen LogP contribution in [0.4, 0.5) is 0 Å². The zero-order chi connectivity index (χ0) is 39.1. The third-order valence-corrected chi connectivity index (χ3v) is 12.5. The van der Waals surface area contributed by atoms with Crippen molar-refractivity contribution in [1.82, 2.24) is 0 Å². The van der Waals surface area contributed by atoms with E-state index in [0.717, 1.165) is 35.3 Å². The average Bonchev–Trinajstić information content (AvgIpc) is 3.71. The molecule has 6 unspecified atom stereocenters. The zero-order valence-corrected chi connectivity index (χ0v) is 34.6. The van der Waals surface area contributed by atoms with Crippen LogP contribution in [0.5, 0.6) is 5.75 Å². The highest BCUT2D eigenvalue weighted by atomic mass is 35.5. The van der Waals surface area contributed by atoms with Gasteiger partial charge in [0, 0.05) is 31.8 Å². The van der Waals surface area contributed by atoms with Crippen molar-refractivity contribution in [3.05, 3.63) is 102 Å². The van der Waals surface area contributed by atoms with Gasteiger partial charge in [-0.25, -0.2) is 0 Å². The van der Waals surface area contributed by atoms with Crippen molar-refractivity contribution in [3.8, 4) is 5.75 Å². The van der Waals surface area contributed by atoms with E-state index in [1.165, 1.54) is 20.5 Å². The molecule has 3 saturated carbocycles. The molecule has 0 aromatic heterocycles. The van der Waals surface area contributed by atoms with Crippen molar-refractivity contribution in [1.29, 1.82) is 0 Å². The van der Waals surface area contributed by atoms with E-state index in [2.05, 4.69) is 105 Å². The first kappa shape index (κ1) is 42.9. The summed E-state index contributed by atoms with van der Waals surface area (Å²) in [5, 5.41) is -1.03. The van der Waals surface area contributed by atoms with Crippen LogP contribution in [-0.4, -0.2) is 60.8 Å². The summed E-state index contributed by atoms with van der Waals surface area (Å²) in [5.41, 5.74) is 3.37.